The molecule has 69 heavy (non-hydrogen) atoms. The van der Waals surface area contributed by atoms with Crippen molar-refractivity contribution in [1.29, 1.82) is 0 Å². The van der Waals surface area contributed by atoms with Crippen LogP contribution >= 0.6 is 0 Å². The molecule has 0 saturated heterocycles. The predicted molar refractivity (Wildman–Crippen MR) is 281 cm³/mol. The zero-order valence-corrected chi connectivity index (χ0v) is 41.3. The second kappa shape index (κ2) is 19.2. The van der Waals surface area contributed by atoms with E-state index in [1.54, 1.807) is 6.07 Å². The van der Waals surface area contributed by atoms with E-state index in [1.807, 2.05) is 42.6 Å². The van der Waals surface area contributed by atoms with Crippen molar-refractivity contribution in [2.45, 2.75) is 39.5 Å². The molecule has 1 N–H and O–H groups in total. The van der Waals surface area contributed by atoms with Gasteiger partial charge in [0, 0.05) is 44.2 Å². The van der Waals surface area contributed by atoms with Crippen LogP contribution in [-0.2, 0) is 21.1 Å². The number of allylic oxidation sites excluding steroid dienone is 3. The molecule has 2 aliphatic heterocycles. The average Bonchev–Trinajstić information content (AvgIpc) is 3.77. The van der Waals surface area contributed by atoms with Gasteiger partial charge in [-0.25, -0.2) is 4.98 Å². The summed E-state index contributed by atoms with van der Waals surface area (Å²) in [7, 11) is 0. The number of aromatic nitrogens is 3. The Morgan fingerprint density at radius 3 is 1.74 bits per heavy atom. The van der Waals surface area contributed by atoms with Crippen LogP contribution in [0.25, 0.3) is 67.3 Å². The van der Waals surface area contributed by atoms with E-state index in [-0.39, 0.29) is 38.7 Å². The molecule has 11 rings (SSSR count). The SMILES string of the molecule is CC(C)c1cc(-c2ccccc2)cc(C(C)C)c1-n1c(-c2ccccc2O)nc2c1B(c1c(-c3ccccc3)cccc1-c1ccccc1)N1C=CC=CC1=C2c1[c-]c(-c2ccccn2)ccc1.[Pt]. The maximum absolute atomic E-state index is 12.1. The van der Waals surface area contributed by atoms with E-state index in [9.17, 15) is 5.11 Å². The number of rotatable bonds is 10. The van der Waals surface area contributed by atoms with Gasteiger partial charge in [0.2, 0.25) is 0 Å². The molecule has 2 aromatic heterocycles. The fraction of sp³-hybridized carbons (Fsp3) is 0.0968. The summed E-state index contributed by atoms with van der Waals surface area (Å²) in [4.78, 5) is 13.1. The number of hydrogen-bond donors (Lipinski definition) is 1. The van der Waals surface area contributed by atoms with Crippen molar-refractivity contribution in [1.82, 2.24) is 19.3 Å². The number of fused-ring (bicyclic) bond motifs is 2. The van der Waals surface area contributed by atoms with Crippen molar-refractivity contribution in [2.24, 2.45) is 0 Å². The van der Waals surface area contributed by atoms with Crippen LogP contribution in [0.5, 0.6) is 5.75 Å². The Labute approximate surface area is 420 Å². The first kappa shape index (κ1) is 45.3. The molecule has 4 heterocycles. The van der Waals surface area contributed by atoms with Gasteiger partial charge in [0.15, 0.2) is 0 Å². The molecule has 9 aromatic rings. The monoisotopic (exact) mass is 1070 g/mol. The number of phenolic OH excluding ortho intramolecular Hbond substituents is 1. The largest absolute Gasteiger partial charge is 0.507 e. The van der Waals surface area contributed by atoms with Crippen molar-refractivity contribution < 1.29 is 26.2 Å². The second-order valence-electron chi connectivity index (χ2n) is 18.2. The Morgan fingerprint density at radius 2 is 1.13 bits per heavy atom. The first-order valence-corrected chi connectivity index (χ1v) is 23.6. The first-order valence-electron chi connectivity index (χ1n) is 23.6. The van der Waals surface area contributed by atoms with Gasteiger partial charge in [-0.1, -0.05) is 173 Å². The van der Waals surface area contributed by atoms with E-state index in [2.05, 4.69) is 207 Å². The van der Waals surface area contributed by atoms with Gasteiger partial charge in [0.25, 0.3) is 0 Å². The van der Waals surface area contributed by atoms with Crippen LogP contribution in [0.1, 0.15) is 61.9 Å². The van der Waals surface area contributed by atoms with Crippen LogP contribution in [0.4, 0.5) is 0 Å². The quantitative estimate of drug-likeness (QED) is 0.110. The standard InChI is InChI=1S/C62H50BN4O.Pt/c1-41(2)52-39-48(43-22-8-5-9-23-43)40-53(42(3)4)60(52)67-61-59(65-62(67)51-30-14-15-35-56(51)68)57(47-29-20-28-46(38-47)54-33-16-18-36-64-54)55-34-17-19-37-66(55)63(61)58-49(44-24-10-6-11-25-44)31-21-32-50(58)45-26-12-7-13-27-45;/h5-37,39-42,68H,1-4H3;/q-1;. The van der Waals surface area contributed by atoms with Crippen LogP contribution < -0.4 is 11.1 Å². The zero-order chi connectivity index (χ0) is 46.3. The molecule has 0 fully saturated rings. The van der Waals surface area contributed by atoms with E-state index in [0.29, 0.717) is 11.4 Å². The Balaban J connectivity index is 0.00000553. The molecule has 0 bridgehead atoms. The summed E-state index contributed by atoms with van der Waals surface area (Å²) >= 11 is 0. The summed E-state index contributed by atoms with van der Waals surface area (Å²) < 4.78 is 2.43. The molecule has 0 aliphatic carbocycles. The summed E-state index contributed by atoms with van der Waals surface area (Å²) in [5.74, 6) is 1.06. The molecule has 0 unspecified atom stereocenters. The minimum atomic E-state index is -0.420. The summed E-state index contributed by atoms with van der Waals surface area (Å²) in [6, 6.07) is 67.4. The third-order valence-electron chi connectivity index (χ3n) is 13.3. The molecular weight excluding hydrogens is 1020 g/mol. The van der Waals surface area contributed by atoms with E-state index < -0.39 is 6.85 Å². The Morgan fingerprint density at radius 1 is 0.565 bits per heavy atom. The van der Waals surface area contributed by atoms with Crippen LogP contribution in [0.2, 0.25) is 0 Å². The number of aromatic hydroxyl groups is 1. The number of para-hydroxylation sites is 1. The summed E-state index contributed by atoms with van der Waals surface area (Å²) in [5, 5.41) is 12.1. The number of imidazole rings is 1. The van der Waals surface area contributed by atoms with E-state index in [1.165, 1.54) is 22.3 Å². The van der Waals surface area contributed by atoms with Gasteiger partial charge in [-0.3, -0.25) is 4.98 Å². The maximum atomic E-state index is 12.1. The minimum Gasteiger partial charge on any atom is -0.507 e. The fourth-order valence-corrected chi connectivity index (χ4v) is 10.1. The zero-order valence-electron chi connectivity index (χ0n) is 39.0. The summed E-state index contributed by atoms with van der Waals surface area (Å²) in [6.07, 6.45) is 10.5. The van der Waals surface area contributed by atoms with Crippen LogP contribution in [-0.4, -0.2) is 31.3 Å². The molecule has 0 atom stereocenters. The number of phenols is 1. The minimum absolute atomic E-state index is 0. The predicted octanol–water partition coefficient (Wildman–Crippen LogP) is 13.6. The first-order chi connectivity index (χ1) is 33.4. The van der Waals surface area contributed by atoms with E-state index in [4.69, 9.17) is 9.97 Å². The normalized spacial score (nSPS) is 12.9. The molecule has 2 aliphatic rings. The molecule has 338 valence electrons. The Bertz CT molecular complexity index is 3330. The van der Waals surface area contributed by atoms with E-state index >= 15 is 0 Å². The number of benzene rings is 7. The van der Waals surface area contributed by atoms with Crippen LogP contribution in [0.15, 0.2) is 218 Å². The van der Waals surface area contributed by atoms with Gasteiger partial charge >= 0.3 is 6.85 Å². The molecule has 5 nitrogen and oxygen atoms in total. The van der Waals surface area contributed by atoms with Gasteiger partial charge in [0.1, 0.15) is 11.6 Å². The Hall–Kier alpha value is -7.53. The smallest absolute Gasteiger partial charge is 0.348 e. The van der Waals surface area contributed by atoms with Gasteiger partial charge in [-0.2, -0.15) is 0 Å². The molecule has 0 saturated carbocycles. The number of hydrogen-bond acceptors (Lipinski definition) is 4. The number of pyridine rings is 1. The maximum Gasteiger partial charge on any atom is 0.348 e. The fourth-order valence-electron chi connectivity index (χ4n) is 10.1. The summed E-state index contributed by atoms with van der Waals surface area (Å²) in [6.45, 7) is 8.73. The number of nitrogens with zero attached hydrogens (tertiary/aromatic N) is 4. The van der Waals surface area contributed by atoms with Crippen molar-refractivity contribution in [3.05, 3.63) is 247 Å². The van der Waals surface area contributed by atoms with Gasteiger partial charge in [0.05, 0.1) is 16.9 Å². The molecule has 7 heteroatoms. The molecule has 0 amide bonds. The van der Waals surface area contributed by atoms with Crippen molar-refractivity contribution in [3.63, 3.8) is 0 Å². The van der Waals surface area contributed by atoms with Gasteiger partial charge < -0.3 is 14.5 Å². The molecule has 7 aromatic carbocycles. The van der Waals surface area contributed by atoms with Gasteiger partial charge in [-0.15, -0.1) is 29.8 Å². The third kappa shape index (κ3) is 8.23. The topological polar surface area (TPSA) is 54.2 Å². The van der Waals surface area contributed by atoms with Gasteiger partial charge in [-0.05, 0) is 116 Å². The summed E-state index contributed by atoms with van der Waals surface area (Å²) in [5.41, 5.74) is 18.5. The molecule has 0 radical (unpaired) electrons. The average molecular weight is 1070 g/mol. The van der Waals surface area contributed by atoms with Crippen molar-refractivity contribution >= 4 is 23.5 Å². The van der Waals surface area contributed by atoms with Crippen molar-refractivity contribution in [3.8, 4) is 67.5 Å². The van der Waals surface area contributed by atoms with Crippen LogP contribution in [0, 0.1) is 6.07 Å². The molecular formula is C62H50BN4OPt-. The van der Waals surface area contributed by atoms with E-state index in [0.717, 1.165) is 72.8 Å². The third-order valence-corrected chi connectivity index (χ3v) is 13.3. The second-order valence-corrected chi connectivity index (χ2v) is 18.2. The molecule has 0 spiro atoms. The van der Waals surface area contributed by atoms with Crippen LogP contribution in [0.3, 0.4) is 0 Å². The Kier molecular flexibility index (Phi) is 12.6. The van der Waals surface area contributed by atoms with Crippen molar-refractivity contribution in [2.75, 3.05) is 0 Å².